The minimum Gasteiger partial charge on any atom is -0.476 e. The van der Waals surface area contributed by atoms with Crippen molar-refractivity contribution in [2.24, 2.45) is 0 Å². The Balaban J connectivity index is 2.13. The van der Waals surface area contributed by atoms with Crippen LogP contribution in [0.25, 0.3) is 22.5 Å². The number of aromatic amines is 1. The van der Waals surface area contributed by atoms with E-state index in [-0.39, 0.29) is 5.69 Å². The van der Waals surface area contributed by atoms with Gasteiger partial charge in [0.1, 0.15) is 11.3 Å². The van der Waals surface area contributed by atoms with Gasteiger partial charge in [0.15, 0.2) is 17.2 Å². The maximum atomic E-state index is 11.0. The zero-order chi connectivity index (χ0) is 13.6. The van der Waals surface area contributed by atoms with Crippen LogP contribution in [0.1, 0.15) is 22.1 Å². The van der Waals surface area contributed by atoms with E-state index in [1.165, 1.54) is 0 Å². The van der Waals surface area contributed by atoms with Crippen LogP contribution in [-0.2, 0) is 0 Å². The van der Waals surface area contributed by atoms with E-state index in [0.717, 1.165) is 11.1 Å². The summed E-state index contributed by atoms with van der Waals surface area (Å²) in [4.78, 5) is 22.2. The smallest absolute Gasteiger partial charge is 0.356 e. The van der Waals surface area contributed by atoms with Crippen molar-refractivity contribution in [3.05, 3.63) is 35.5 Å². The molecule has 0 radical (unpaired) electrons. The fourth-order valence-corrected chi connectivity index (χ4v) is 1.99. The molecule has 0 bridgehead atoms. The fraction of sp³-hybridized carbons (Fsp3) is 0.154. The van der Waals surface area contributed by atoms with Gasteiger partial charge in [-0.2, -0.15) is 0 Å². The summed E-state index contributed by atoms with van der Waals surface area (Å²) in [5, 5.41) is 8.99. The molecule has 3 rings (SSSR count). The SMILES string of the molecule is Cc1nc2ccc(-c3nc(C(=O)O)c(C)[nH]3)cc2o1. The quantitative estimate of drug-likeness (QED) is 0.736. The largest absolute Gasteiger partial charge is 0.476 e. The summed E-state index contributed by atoms with van der Waals surface area (Å²) in [6, 6.07) is 5.44. The minimum absolute atomic E-state index is 0.0313. The van der Waals surface area contributed by atoms with Crippen LogP contribution < -0.4 is 0 Å². The van der Waals surface area contributed by atoms with Gasteiger partial charge in [0.25, 0.3) is 0 Å². The molecule has 96 valence electrons. The summed E-state index contributed by atoms with van der Waals surface area (Å²) in [7, 11) is 0. The van der Waals surface area contributed by atoms with Crippen LogP contribution in [0.3, 0.4) is 0 Å². The van der Waals surface area contributed by atoms with Gasteiger partial charge in [-0.1, -0.05) is 0 Å². The number of aromatic carboxylic acids is 1. The van der Waals surface area contributed by atoms with E-state index in [1.54, 1.807) is 19.9 Å². The monoisotopic (exact) mass is 257 g/mol. The predicted molar refractivity (Wildman–Crippen MR) is 68.0 cm³/mol. The van der Waals surface area contributed by atoms with Crippen molar-refractivity contribution in [2.45, 2.75) is 13.8 Å². The van der Waals surface area contributed by atoms with Crippen molar-refractivity contribution in [1.82, 2.24) is 15.0 Å². The van der Waals surface area contributed by atoms with Crippen LogP contribution in [0.15, 0.2) is 22.6 Å². The number of fused-ring (bicyclic) bond motifs is 1. The molecule has 0 fully saturated rings. The average Bonchev–Trinajstić information content (AvgIpc) is 2.89. The predicted octanol–water partition coefficient (Wildman–Crippen LogP) is 2.53. The molecule has 0 aliphatic carbocycles. The number of hydrogen-bond acceptors (Lipinski definition) is 4. The highest BCUT2D eigenvalue weighted by Crippen LogP contribution is 2.23. The Labute approximate surface area is 108 Å². The number of oxazole rings is 1. The lowest BCUT2D eigenvalue weighted by Crippen LogP contribution is -1.98. The van der Waals surface area contributed by atoms with Gasteiger partial charge < -0.3 is 14.5 Å². The van der Waals surface area contributed by atoms with Gasteiger partial charge in [0.2, 0.25) is 0 Å². The van der Waals surface area contributed by atoms with E-state index in [0.29, 0.717) is 23.0 Å². The number of aromatic nitrogens is 3. The molecule has 1 aromatic carbocycles. The number of H-pyrrole nitrogens is 1. The third-order valence-electron chi connectivity index (χ3n) is 2.86. The lowest BCUT2D eigenvalue weighted by atomic mass is 10.2. The molecular weight excluding hydrogens is 246 g/mol. The van der Waals surface area contributed by atoms with Crippen molar-refractivity contribution in [3.63, 3.8) is 0 Å². The number of carboxylic acid groups (broad SMARTS) is 1. The van der Waals surface area contributed by atoms with Crippen LogP contribution in [0.2, 0.25) is 0 Å². The number of aryl methyl sites for hydroxylation is 2. The zero-order valence-electron chi connectivity index (χ0n) is 10.4. The Bertz CT molecular complexity index is 786. The molecule has 0 unspecified atom stereocenters. The molecule has 2 N–H and O–H groups in total. The van der Waals surface area contributed by atoms with E-state index >= 15 is 0 Å². The van der Waals surface area contributed by atoms with Crippen LogP contribution in [0, 0.1) is 13.8 Å². The zero-order valence-corrected chi connectivity index (χ0v) is 10.4. The van der Waals surface area contributed by atoms with Gasteiger partial charge in [-0.15, -0.1) is 0 Å². The Morgan fingerprint density at radius 3 is 2.79 bits per heavy atom. The van der Waals surface area contributed by atoms with E-state index < -0.39 is 5.97 Å². The van der Waals surface area contributed by atoms with Crippen LogP contribution in [0.5, 0.6) is 0 Å². The molecule has 2 heterocycles. The first-order valence-electron chi connectivity index (χ1n) is 5.72. The normalized spacial score (nSPS) is 11.1. The molecule has 2 aromatic heterocycles. The topological polar surface area (TPSA) is 92.0 Å². The van der Waals surface area contributed by atoms with E-state index in [1.807, 2.05) is 12.1 Å². The fourth-order valence-electron chi connectivity index (χ4n) is 1.99. The lowest BCUT2D eigenvalue weighted by molar-refractivity contribution is 0.0690. The molecule has 0 amide bonds. The summed E-state index contributed by atoms with van der Waals surface area (Å²) < 4.78 is 5.45. The number of carboxylic acids is 1. The van der Waals surface area contributed by atoms with E-state index in [9.17, 15) is 4.79 Å². The molecule has 0 aliphatic rings. The number of rotatable bonds is 2. The van der Waals surface area contributed by atoms with Gasteiger partial charge >= 0.3 is 5.97 Å². The first kappa shape index (κ1) is 11.5. The standard InChI is InChI=1S/C13H11N3O3/c1-6-11(13(17)18)16-12(14-6)8-3-4-9-10(5-8)19-7(2)15-9/h3-5H,1-2H3,(H,14,16)(H,17,18). The summed E-state index contributed by atoms with van der Waals surface area (Å²) in [5.74, 6) is 0.0523. The highest BCUT2D eigenvalue weighted by molar-refractivity contribution is 5.88. The van der Waals surface area contributed by atoms with Crippen molar-refractivity contribution in [1.29, 1.82) is 0 Å². The van der Waals surface area contributed by atoms with Gasteiger partial charge in [0, 0.05) is 18.2 Å². The van der Waals surface area contributed by atoms with Crippen molar-refractivity contribution in [3.8, 4) is 11.4 Å². The molecule has 0 aliphatic heterocycles. The number of benzene rings is 1. The second kappa shape index (κ2) is 3.94. The third kappa shape index (κ3) is 1.87. The second-order valence-corrected chi connectivity index (χ2v) is 4.28. The van der Waals surface area contributed by atoms with Crippen LogP contribution in [-0.4, -0.2) is 26.0 Å². The molecule has 6 nitrogen and oxygen atoms in total. The number of hydrogen-bond donors (Lipinski definition) is 2. The van der Waals surface area contributed by atoms with Gasteiger partial charge in [-0.25, -0.2) is 14.8 Å². The van der Waals surface area contributed by atoms with Crippen molar-refractivity contribution < 1.29 is 14.3 Å². The number of imidazole rings is 1. The minimum atomic E-state index is -1.04. The Kier molecular flexibility index (Phi) is 2.38. The van der Waals surface area contributed by atoms with Crippen molar-refractivity contribution >= 4 is 17.1 Å². The van der Waals surface area contributed by atoms with E-state index in [4.69, 9.17) is 9.52 Å². The Morgan fingerprint density at radius 1 is 1.32 bits per heavy atom. The summed E-state index contributed by atoms with van der Waals surface area (Å²) in [6.07, 6.45) is 0. The highest BCUT2D eigenvalue weighted by atomic mass is 16.4. The third-order valence-corrected chi connectivity index (χ3v) is 2.86. The van der Waals surface area contributed by atoms with Gasteiger partial charge in [-0.3, -0.25) is 0 Å². The molecule has 0 spiro atoms. The summed E-state index contributed by atoms with van der Waals surface area (Å²) in [5.41, 5.74) is 2.74. The average molecular weight is 257 g/mol. The molecule has 0 saturated carbocycles. The summed E-state index contributed by atoms with van der Waals surface area (Å²) >= 11 is 0. The first-order chi connectivity index (χ1) is 9.04. The number of carbonyl (C=O) groups is 1. The maximum absolute atomic E-state index is 11.0. The van der Waals surface area contributed by atoms with E-state index in [2.05, 4.69) is 15.0 Å². The molecule has 6 heteroatoms. The molecule has 0 saturated heterocycles. The number of nitrogens with one attached hydrogen (secondary N) is 1. The van der Waals surface area contributed by atoms with Crippen LogP contribution in [0.4, 0.5) is 0 Å². The van der Waals surface area contributed by atoms with Crippen molar-refractivity contribution in [2.75, 3.05) is 0 Å². The molecule has 3 aromatic rings. The maximum Gasteiger partial charge on any atom is 0.356 e. The highest BCUT2D eigenvalue weighted by Gasteiger charge is 2.15. The van der Waals surface area contributed by atoms with Crippen LogP contribution >= 0.6 is 0 Å². The molecule has 0 atom stereocenters. The molecule has 19 heavy (non-hydrogen) atoms. The lowest BCUT2D eigenvalue weighted by Gasteiger charge is -1.95. The van der Waals surface area contributed by atoms with Gasteiger partial charge in [0.05, 0.1) is 0 Å². The molecular formula is C13H11N3O3. The summed E-state index contributed by atoms with van der Waals surface area (Å²) in [6.45, 7) is 3.45. The Morgan fingerprint density at radius 2 is 2.11 bits per heavy atom. The second-order valence-electron chi connectivity index (χ2n) is 4.28. The van der Waals surface area contributed by atoms with Gasteiger partial charge in [-0.05, 0) is 25.1 Å². The number of nitrogens with zero attached hydrogens (tertiary/aromatic N) is 2. The Hall–Kier alpha value is -2.63. The first-order valence-corrected chi connectivity index (χ1v) is 5.72.